The predicted octanol–water partition coefficient (Wildman–Crippen LogP) is 3.87. The van der Waals surface area contributed by atoms with Crippen LogP contribution in [0.2, 0.25) is 0 Å². The molecule has 3 nitrogen and oxygen atoms in total. The molecule has 0 aliphatic rings. The monoisotopic (exact) mass is 255 g/mol. The van der Waals surface area contributed by atoms with Crippen LogP contribution in [-0.2, 0) is 4.79 Å². The number of Topliss-reactive ketones (excluding diaryl/α,β-unsaturated/α-hetero) is 1. The van der Waals surface area contributed by atoms with Gasteiger partial charge in [0.25, 0.3) is 0 Å². The van der Waals surface area contributed by atoms with Crippen LogP contribution in [0.15, 0.2) is 54.6 Å². The minimum absolute atomic E-state index is 0.115. The second kappa shape index (κ2) is 6.05. The van der Waals surface area contributed by atoms with Gasteiger partial charge in [0.1, 0.15) is 11.5 Å². The molecule has 1 N–H and O–H groups in total. The molecule has 0 aliphatic heterocycles. The van der Waals surface area contributed by atoms with E-state index in [2.05, 4.69) is 5.32 Å². The Morgan fingerprint density at radius 1 is 1.00 bits per heavy atom. The highest BCUT2D eigenvalue weighted by Gasteiger charge is 2.06. The number of para-hydroxylation sites is 1. The topological polar surface area (TPSA) is 38.3 Å². The lowest BCUT2D eigenvalue weighted by molar-refractivity contribution is -0.117. The maximum Gasteiger partial charge on any atom is 0.151 e. The first kappa shape index (κ1) is 13.1. The third kappa shape index (κ3) is 3.85. The summed E-state index contributed by atoms with van der Waals surface area (Å²) in [5.74, 6) is 1.69. The Morgan fingerprint density at radius 2 is 1.58 bits per heavy atom. The first-order valence-corrected chi connectivity index (χ1v) is 6.25. The molecule has 19 heavy (non-hydrogen) atoms. The largest absolute Gasteiger partial charge is 0.457 e. The zero-order valence-electron chi connectivity index (χ0n) is 11.1. The van der Waals surface area contributed by atoms with Gasteiger partial charge in [-0.25, -0.2) is 0 Å². The zero-order chi connectivity index (χ0) is 13.7. The van der Waals surface area contributed by atoms with Crippen molar-refractivity contribution >= 4 is 11.5 Å². The minimum atomic E-state index is -0.180. The molecule has 1 atom stereocenters. The maximum absolute atomic E-state index is 11.2. The summed E-state index contributed by atoms with van der Waals surface area (Å²) in [6.07, 6.45) is 0. The van der Waals surface area contributed by atoms with Crippen molar-refractivity contribution in [3.8, 4) is 11.5 Å². The molecule has 2 rings (SSSR count). The van der Waals surface area contributed by atoms with Crippen LogP contribution >= 0.6 is 0 Å². The van der Waals surface area contributed by atoms with Crippen molar-refractivity contribution in [1.82, 2.24) is 0 Å². The fourth-order valence-electron chi connectivity index (χ4n) is 1.60. The molecule has 0 aromatic heterocycles. The van der Waals surface area contributed by atoms with Gasteiger partial charge in [-0.15, -0.1) is 0 Å². The van der Waals surface area contributed by atoms with E-state index in [1.807, 2.05) is 61.5 Å². The van der Waals surface area contributed by atoms with Gasteiger partial charge in [-0.05, 0) is 50.2 Å². The molecule has 0 aliphatic carbocycles. The van der Waals surface area contributed by atoms with Gasteiger partial charge in [0.05, 0.1) is 6.04 Å². The number of ketones is 1. The number of nitrogens with one attached hydrogen (secondary N) is 1. The molecule has 0 saturated heterocycles. The lowest BCUT2D eigenvalue weighted by atomic mass is 10.2. The van der Waals surface area contributed by atoms with E-state index in [0.29, 0.717) is 0 Å². The number of carbonyl (C=O) groups excluding carboxylic acids is 1. The number of anilines is 1. The highest BCUT2D eigenvalue weighted by molar-refractivity contribution is 5.83. The molecule has 0 saturated carbocycles. The molecule has 0 spiro atoms. The average Bonchev–Trinajstić information content (AvgIpc) is 2.42. The van der Waals surface area contributed by atoms with E-state index in [9.17, 15) is 4.79 Å². The second-order valence-corrected chi connectivity index (χ2v) is 4.42. The molecule has 2 aromatic carbocycles. The Bertz CT molecular complexity index is 534. The lowest BCUT2D eigenvalue weighted by Crippen LogP contribution is -2.23. The quantitative estimate of drug-likeness (QED) is 0.881. The summed E-state index contributed by atoms with van der Waals surface area (Å²) in [6, 6.07) is 17.0. The first-order chi connectivity index (χ1) is 9.15. The molecule has 1 unspecified atom stereocenters. The Labute approximate surface area is 113 Å². The highest BCUT2D eigenvalue weighted by atomic mass is 16.5. The van der Waals surface area contributed by atoms with Crippen LogP contribution in [0.5, 0.6) is 11.5 Å². The predicted molar refractivity (Wildman–Crippen MR) is 76.7 cm³/mol. The molecule has 0 amide bonds. The van der Waals surface area contributed by atoms with Crippen molar-refractivity contribution in [2.75, 3.05) is 5.32 Å². The number of hydrogen-bond acceptors (Lipinski definition) is 3. The van der Waals surface area contributed by atoms with Crippen LogP contribution in [0.4, 0.5) is 5.69 Å². The molecule has 0 radical (unpaired) electrons. The number of benzene rings is 2. The van der Waals surface area contributed by atoms with Crippen LogP contribution < -0.4 is 10.1 Å². The van der Waals surface area contributed by atoms with Gasteiger partial charge >= 0.3 is 0 Å². The summed E-state index contributed by atoms with van der Waals surface area (Å²) in [5.41, 5.74) is 0.906. The maximum atomic E-state index is 11.2. The van der Waals surface area contributed by atoms with Crippen molar-refractivity contribution < 1.29 is 9.53 Å². The minimum Gasteiger partial charge on any atom is -0.457 e. The zero-order valence-corrected chi connectivity index (χ0v) is 11.1. The van der Waals surface area contributed by atoms with Crippen molar-refractivity contribution in [3.05, 3.63) is 54.6 Å². The van der Waals surface area contributed by atoms with Crippen molar-refractivity contribution in [2.45, 2.75) is 19.9 Å². The molecule has 0 bridgehead atoms. The number of rotatable bonds is 5. The number of carbonyl (C=O) groups is 1. The fraction of sp³-hybridized carbons (Fsp3) is 0.188. The summed E-state index contributed by atoms with van der Waals surface area (Å²) in [6.45, 7) is 3.42. The highest BCUT2D eigenvalue weighted by Crippen LogP contribution is 2.22. The Hall–Kier alpha value is -2.29. The van der Waals surface area contributed by atoms with Gasteiger partial charge in [-0.2, -0.15) is 0 Å². The summed E-state index contributed by atoms with van der Waals surface area (Å²) >= 11 is 0. The number of hydrogen-bond donors (Lipinski definition) is 1. The van der Waals surface area contributed by atoms with E-state index in [1.165, 1.54) is 0 Å². The molecule has 98 valence electrons. The first-order valence-electron chi connectivity index (χ1n) is 6.25. The van der Waals surface area contributed by atoms with Crippen molar-refractivity contribution in [2.24, 2.45) is 0 Å². The summed E-state index contributed by atoms with van der Waals surface area (Å²) in [5, 5.41) is 3.13. The third-order valence-corrected chi connectivity index (χ3v) is 2.83. The smallest absolute Gasteiger partial charge is 0.151 e. The SMILES string of the molecule is CC(=O)C(C)Nc1ccc(Oc2ccccc2)cc1. The third-order valence-electron chi connectivity index (χ3n) is 2.83. The summed E-state index contributed by atoms with van der Waals surface area (Å²) in [7, 11) is 0. The van der Waals surface area contributed by atoms with E-state index in [4.69, 9.17) is 4.74 Å². The van der Waals surface area contributed by atoms with E-state index in [-0.39, 0.29) is 11.8 Å². The van der Waals surface area contributed by atoms with E-state index >= 15 is 0 Å². The van der Waals surface area contributed by atoms with Crippen LogP contribution in [0.25, 0.3) is 0 Å². The Balaban J connectivity index is 2.01. The number of ether oxygens (including phenoxy) is 1. The normalized spacial score (nSPS) is 11.7. The van der Waals surface area contributed by atoms with E-state index in [1.54, 1.807) is 6.92 Å². The van der Waals surface area contributed by atoms with Crippen LogP contribution in [0.3, 0.4) is 0 Å². The van der Waals surface area contributed by atoms with Gasteiger partial charge in [0, 0.05) is 5.69 Å². The van der Waals surface area contributed by atoms with Crippen molar-refractivity contribution in [3.63, 3.8) is 0 Å². The van der Waals surface area contributed by atoms with Crippen LogP contribution in [0, 0.1) is 0 Å². The van der Waals surface area contributed by atoms with Gasteiger partial charge < -0.3 is 10.1 Å². The van der Waals surface area contributed by atoms with Gasteiger partial charge in [0.2, 0.25) is 0 Å². The van der Waals surface area contributed by atoms with Crippen molar-refractivity contribution in [1.29, 1.82) is 0 Å². The molecular weight excluding hydrogens is 238 g/mol. The molecule has 0 heterocycles. The Kier molecular flexibility index (Phi) is 4.18. The lowest BCUT2D eigenvalue weighted by Gasteiger charge is -2.12. The van der Waals surface area contributed by atoms with Gasteiger partial charge in [-0.1, -0.05) is 18.2 Å². The molecule has 0 fully saturated rings. The molecular formula is C16H17NO2. The molecule has 2 aromatic rings. The Morgan fingerprint density at radius 3 is 2.16 bits per heavy atom. The van der Waals surface area contributed by atoms with E-state index in [0.717, 1.165) is 17.2 Å². The summed E-state index contributed by atoms with van der Waals surface area (Å²) < 4.78 is 5.69. The van der Waals surface area contributed by atoms with Gasteiger partial charge in [-0.3, -0.25) is 4.79 Å². The van der Waals surface area contributed by atoms with Crippen LogP contribution in [-0.4, -0.2) is 11.8 Å². The fourth-order valence-corrected chi connectivity index (χ4v) is 1.60. The molecule has 3 heteroatoms. The average molecular weight is 255 g/mol. The van der Waals surface area contributed by atoms with E-state index < -0.39 is 0 Å². The standard InChI is InChI=1S/C16H17NO2/c1-12(13(2)18)17-14-8-10-16(11-9-14)19-15-6-4-3-5-7-15/h3-12,17H,1-2H3. The second-order valence-electron chi connectivity index (χ2n) is 4.42. The summed E-state index contributed by atoms with van der Waals surface area (Å²) in [4.78, 5) is 11.2. The van der Waals surface area contributed by atoms with Crippen LogP contribution in [0.1, 0.15) is 13.8 Å². The van der Waals surface area contributed by atoms with Gasteiger partial charge in [0.15, 0.2) is 5.78 Å².